The molecule has 0 aliphatic heterocycles. The van der Waals surface area contributed by atoms with Crippen LogP contribution in [0.2, 0.25) is 0 Å². The third-order valence-corrected chi connectivity index (χ3v) is 2.09. The van der Waals surface area contributed by atoms with Crippen molar-refractivity contribution in [3.05, 3.63) is 65.7 Å². The van der Waals surface area contributed by atoms with Gasteiger partial charge in [0.2, 0.25) is 0 Å². The van der Waals surface area contributed by atoms with Crippen molar-refractivity contribution >= 4 is 11.9 Å². The number of rotatable bonds is 2. The third kappa shape index (κ3) is 2.31. The van der Waals surface area contributed by atoms with Crippen LogP contribution in [0.3, 0.4) is 0 Å². The predicted octanol–water partition coefficient (Wildman–Crippen LogP) is 3.72. The van der Waals surface area contributed by atoms with Crippen LogP contribution in [0.1, 0.15) is 5.56 Å². The average molecular weight is 217 g/mol. The van der Waals surface area contributed by atoms with Crippen LogP contribution in [0.5, 0.6) is 0 Å². The molecule has 0 saturated carbocycles. The first-order valence-corrected chi connectivity index (χ1v) is 4.80. The van der Waals surface area contributed by atoms with Crippen molar-refractivity contribution in [2.45, 2.75) is 0 Å². The van der Waals surface area contributed by atoms with Gasteiger partial charge in [-0.15, -0.1) is 0 Å². The van der Waals surface area contributed by atoms with Crippen LogP contribution >= 0.6 is 0 Å². The molecule has 2 rings (SSSR count). The molecule has 2 aromatic rings. The van der Waals surface area contributed by atoms with Gasteiger partial charge in [-0.3, -0.25) is 4.99 Å². The summed E-state index contributed by atoms with van der Waals surface area (Å²) < 4.78 is 26.1. The highest BCUT2D eigenvalue weighted by molar-refractivity contribution is 5.82. The van der Waals surface area contributed by atoms with Gasteiger partial charge in [0.15, 0.2) is 11.6 Å². The van der Waals surface area contributed by atoms with E-state index in [2.05, 4.69) is 4.99 Å². The van der Waals surface area contributed by atoms with E-state index in [0.717, 1.165) is 6.07 Å². The van der Waals surface area contributed by atoms with Gasteiger partial charge in [0.1, 0.15) is 0 Å². The number of hydrogen-bond acceptors (Lipinski definition) is 1. The summed E-state index contributed by atoms with van der Waals surface area (Å²) in [6.45, 7) is 0. The lowest BCUT2D eigenvalue weighted by molar-refractivity contribution is 0.507. The fourth-order valence-electron chi connectivity index (χ4n) is 1.28. The Morgan fingerprint density at radius 2 is 1.62 bits per heavy atom. The summed E-state index contributed by atoms with van der Waals surface area (Å²) in [5.74, 6) is -1.74. The van der Waals surface area contributed by atoms with E-state index in [1.54, 1.807) is 12.1 Å². The van der Waals surface area contributed by atoms with E-state index in [4.69, 9.17) is 0 Å². The first-order chi connectivity index (χ1) is 7.77. The Hall–Kier alpha value is -2.03. The van der Waals surface area contributed by atoms with Crippen molar-refractivity contribution in [2.24, 2.45) is 4.99 Å². The lowest BCUT2D eigenvalue weighted by Crippen LogP contribution is -1.91. The summed E-state index contributed by atoms with van der Waals surface area (Å²) in [6, 6.07) is 13.1. The Labute approximate surface area is 92.1 Å². The minimum atomic E-state index is -0.873. The number of nitrogens with zero attached hydrogens (tertiary/aromatic N) is 1. The molecular formula is C13H9F2N. The molecule has 16 heavy (non-hydrogen) atoms. The molecule has 0 radical (unpaired) electrons. The Kier molecular flexibility index (Phi) is 3.05. The van der Waals surface area contributed by atoms with Crippen molar-refractivity contribution in [3.8, 4) is 0 Å². The molecule has 0 fully saturated rings. The Morgan fingerprint density at radius 3 is 2.38 bits per heavy atom. The molecule has 0 N–H and O–H groups in total. The van der Waals surface area contributed by atoms with E-state index in [1.807, 2.05) is 18.2 Å². The molecule has 0 spiro atoms. The van der Waals surface area contributed by atoms with Gasteiger partial charge >= 0.3 is 0 Å². The van der Waals surface area contributed by atoms with Crippen molar-refractivity contribution < 1.29 is 8.78 Å². The van der Waals surface area contributed by atoms with E-state index >= 15 is 0 Å². The maximum atomic E-state index is 13.2. The van der Waals surface area contributed by atoms with E-state index in [9.17, 15) is 8.78 Å². The minimum Gasteiger partial charge on any atom is -0.256 e. The van der Waals surface area contributed by atoms with E-state index in [1.165, 1.54) is 18.3 Å². The first kappa shape index (κ1) is 10.5. The minimum absolute atomic E-state index is 0.142. The number of aliphatic imine (C=N–C) groups is 1. The molecule has 0 saturated heterocycles. The van der Waals surface area contributed by atoms with Crippen LogP contribution in [0, 0.1) is 11.6 Å². The van der Waals surface area contributed by atoms with Crippen molar-refractivity contribution in [3.63, 3.8) is 0 Å². The molecule has 0 aliphatic rings. The summed E-state index contributed by atoms with van der Waals surface area (Å²) >= 11 is 0. The lowest BCUT2D eigenvalue weighted by atomic mass is 10.2. The van der Waals surface area contributed by atoms with Crippen LogP contribution in [0.4, 0.5) is 14.5 Å². The van der Waals surface area contributed by atoms with Gasteiger partial charge in [-0.25, -0.2) is 8.78 Å². The summed E-state index contributed by atoms with van der Waals surface area (Å²) in [5, 5.41) is 0. The zero-order valence-electron chi connectivity index (χ0n) is 8.40. The zero-order valence-corrected chi connectivity index (χ0v) is 8.40. The van der Waals surface area contributed by atoms with Crippen molar-refractivity contribution in [1.82, 2.24) is 0 Å². The van der Waals surface area contributed by atoms with Gasteiger partial charge in [-0.1, -0.05) is 30.3 Å². The molecular weight excluding hydrogens is 208 g/mol. The van der Waals surface area contributed by atoms with Gasteiger partial charge in [-0.05, 0) is 18.2 Å². The molecule has 2 aromatic carbocycles. The lowest BCUT2D eigenvalue weighted by Gasteiger charge is -1.97. The normalized spacial score (nSPS) is 10.9. The van der Waals surface area contributed by atoms with E-state index < -0.39 is 11.6 Å². The largest absolute Gasteiger partial charge is 0.256 e. The van der Waals surface area contributed by atoms with Gasteiger partial charge in [0.25, 0.3) is 0 Å². The molecule has 0 amide bonds. The van der Waals surface area contributed by atoms with Crippen LogP contribution in [-0.4, -0.2) is 6.21 Å². The standard InChI is InChI=1S/C13H9F2N/c14-12-8-4-5-10(13(12)15)9-16-11-6-2-1-3-7-11/h1-9H. The monoisotopic (exact) mass is 217 g/mol. The maximum absolute atomic E-state index is 13.2. The fourth-order valence-corrected chi connectivity index (χ4v) is 1.28. The number of para-hydroxylation sites is 1. The second-order valence-corrected chi connectivity index (χ2v) is 3.24. The Balaban J connectivity index is 2.28. The van der Waals surface area contributed by atoms with Crippen LogP contribution in [0.25, 0.3) is 0 Å². The van der Waals surface area contributed by atoms with Gasteiger partial charge < -0.3 is 0 Å². The highest BCUT2D eigenvalue weighted by atomic mass is 19.2. The van der Waals surface area contributed by atoms with Gasteiger partial charge in [0, 0.05) is 11.8 Å². The number of hydrogen-bond donors (Lipinski definition) is 0. The fraction of sp³-hybridized carbons (Fsp3) is 0. The molecule has 0 atom stereocenters. The van der Waals surface area contributed by atoms with Gasteiger partial charge in [-0.2, -0.15) is 0 Å². The molecule has 1 nitrogen and oxygen atoms in total. The smallest absolute Gasteiger partial charge is 0.167 e. The number of benzene rings is 2. The molecule has 0 aliphatic carbocycles. The zero-order chi connectivity index (χ0) is 11.4. The SMILES string of the molecule is Fc1cccc(C=Nc2ccccc2)c1F. The number of halogens is 2. The first-order valence-electron chi connectivity index (χ1n) is 4.80. The van der Waals surface area contributed by atoms with Crippen LogP contribution < -0.4 is 0 Å². The molecule has 0 aromatic heterocycles. The van der Waals surface area contributed by atoms with Crippen LogP contribution in [0.15, 0.2) is 53.5 Å². The van der Waals surface area contributed by atoms with Crippen LogP contribution in [-0.2, 0) is 0 Å². The van der Waals surface area contributed by atoms with Crippen molar-refractivity contribution in [1.29, 1.82) is 0 Å². The Morgan fingerprint density at radius 1 is 0.875 bits per heavy atom. The molecule has 80 valence electrons. The molecule has 0 heterocycles. The summed E-state index contributed by atoms with van der Waals surface area (Å²) in [4.78, 5) is 4.05. The second kappa shape index (κ2) is 4.66. The summed E-state index contributed by atoms with van der Waals surface area (Å²) in [7, 11) is 0. The molecule has 0 bridgehead atoms. The molecule has 3 heteroatoms. The summed E-state index contributed by atoms with van der Waals surface area (Å²) in [6.07, 6.45) is 1.31. The quantitative estimate of drug-likeness (QED) is 0.680. The average Bonchev–Trinajstić information content (AvgIpc) is 2.32. The second-order valence-electron chi connectivity index (χ2n) is 3.24. The Bertz CT molecular complexity index is 507. The van der Waals surface area contributed by atoms with Crippen molar-refractivity contribution in [2.75, 3.05) is 0 Å². The van der Waals surface area contributed by atoms with Gasteiger partial charge in [0.05, 0.1) is 5.69 Å². The topological polar surface area (TPSA) is 12.4 Å². The summed E-state index contributed by atoms with van der Waals surface area (Å²) in [5.41, 5.74) is 0.843. The van der Waals surface area contributed by atoms with E-state index in [0.29, 0.717) is 5.69 Å². The molecule has 0 unspecified atom stereocenters. The highest BCUT2D eigenvalue weighted by Gasteiger charge is 2.04. The van der Waals surface area contributed by atoms with E-state index in [-0.39, 0.29) is 5.56 Å². The third-order valence-electron chi connectivity index (χ3n) is 2.09. The predicted molar refractivity (Wildman–Crippen MR) is 60.1 cm³/mol. The highest BCUT2D eigenvalue weighted by Crippen LogP contribution is 2.12. The maximum Gasteiger partial charge on any atom is 0.167 e.